The zero-order valence-corrected chi connectivity index (χ0v) is 17.6. The van der Waals surface area contributed by atoms with Gasteiger partial charge < -0.3 is 5.32 Å². The molecule has 0 unspecified atom stereocenters. The molecule has 3 aromatic rings. The highest BCUT2D eigenvalue weighted by Gasteiger charge is 2.40. The fourth-order valence-corrected chi connectivity index (χ4v) is 3.60. The molecular formula is C26H21N3O2. The number of benzene rings is 3. The van der Waals surface area contributed by atoms with Crippen molar-refractivity contribution in [2.75, 3.05) is 10.2 Å². The predicted molar refractivity (Wildman–Crippen MR) is 121 cm³/mol. The van der Waals surface area contributed by atoms with Crippen LogP contribution in [0.1, 0.15) is 27.8 Å². The molecule has 0 fully saturated rings. The van der Waals surface area contributed by atoms with Gasteiger partial charge in [-0.05, 0) is 79.4 Å². The van der Waals surface area contributed by atoms with Gasteiger partial charge in [-0.15, -0.1) is 0 Å². The summed E-state index contributed by atoms with van der Waals surface area (Å²) >= 11 is 0. The maximum Gasteiger partial charge on any atom is 0.282 e. The van der Waals surface area contributed by atoms with E-state index >= 15 is 0 Å². The zero-order chi connectivity index (χ0) is 22.1. The molecule has 0 atom stereocenters. The van der Waals surface area contributed by atoms with Gasteiger partial charge in [-0.3, -0.25) is 9.59 Å². The Morgan fingerprint density at radius 3 is 2.23 bits per heavy atom. The average molecular weight is 407 g/mol. The van der Waals surface area contributed by atoms with Gasteiger partial charge >= 0.3 is 0 Å². The molecule has 4 rings (SSSR count). The van der Waals surface area contributed by atoms with Gasteiger partial charge in [0, 0.05) is 5.69 Å². The summed E-state index contributed by atoms with van der Waals surface area (Å²) in [7, 11) is 0. The number of nitriles is 1. The summed E-state index contributed by atoms with van der Waals surface area (Å²) < 4.78 is 0. The molecule has 0 aliphatic carbocycles. The molecule has 0 radical (unpaired) electrons. The molecule has 5 nitrogen and oxygen atoms in total. The fraction of sp³-hybridized carbons (Fsp3) is 0.115. The van der Waals surface area contributed by atoms with Crippen LogP contribution in [0.2, 0.25) is 0 Å². The molecule has 0 bridgehead atoms. The van der Waals surface area contributed by atoms with Crippen LogP contribution in [0.25, 0.3) is 5.57 Å². The minimum atomic E-state index is -0.426. The first-order chi connectivity index (χ1) is 14.9. The lowest BCUT2D eigenvalue weighted by Crippen LogP contribution is -2.32. The largest absolute Gasteiger partial charge is 0.350 e. The SMILES string of the molecule is Cc1cccc(NC2=C(c3ccc(C)c(C)c3)C(=O)N(c3ccc(C#N)cc3)C2=O)c1. The van der Waals surface area contributed by atoms with Crippen molar-refractivity contribution >= 4 is 28.8 Å². The summed E-state index contributed by atoms with van der Waals surface area (Å²) in [5.74, 6) is -0.822. The topological polar surface area (TPSA) is 73.2 Å². The van der Waals surface area contributed by atoms with Crippen molar-refractivity contribution in [2.45, 2.75) is 20.8 Å². The lowest BCUT2D eigenvalue weighted by Gasteiger charge is -2.15. The van der Waals surface area contributed by atoms with Gasteiger partial charge in [0.25, 0.3) is 11.8 Å². The Kier molecular flexibility index (Phi) is 5.14. The Labute approximate surface area is 181 Å². The lowest BCUT2D eigenvalue weighted by molar-refractivity contribution is -0.120. The first-order valence-corrected chi connectivity index (χ1v) is 9.93. The van der Waals surface area contributed by atoms with Crippen LogP contribution >= 0.6 is 0 Å². The molecule has 31 heavy (non-hydrogen) atoms. The van der Waals surface area contributed by atoms with Crippen LogP contribution in [-0.4, -0.2) is 11.8 Å². The van der Waals surface area contributed by atoms with Gasteiger partial charge in [-0.2, -0.15) is 5.26 Å². The number of hydrogen-bond donors (Lipinski definition) is 1. The fourth-order valence-electron chi connectivity index (χ4n) is 3.60. The van der Waals surface area contributed by atoms with Gasteiger partial charge in [-0.1, -0.05) is 30.3 Å². The van der Waals surface area contributed by atoms with E-state index in [9.17, 15) is 9.59 Å². The third kappa shape index (κ3) is 3.72. The Bertz CT molecular complexity index is 1280. The molecule has 3 aromatic carbocycles. The van der Waals surface area contributed by atoms with E-state index < -0.39 is 11.8 Å². The standard InChI is InChI=1S/C26H21N3O2/c1-16-5-4-6-21(13-16)28-24-23(20-10-7-17(2)18(3)14-20)25(30)29(26(24)31)22-11-8-19(15-27)9-12-22/h4-14,28H,1-3H3. The maximum absolute atomic E-state index is 13.5. The number of carbonyl (C=O) groups is 2. The van der Waals surface area contributed by atoms with Gasteiger partial charge in [0.05, 0.1) is 22.9 Å². The lowest BCUT2D eigenvalue weighted by atomic mass is 9.99. The van der Waals surface area contributed by atoms with Crippen molar-refractivity contribution in [2.24, 2.45) is 0 Å². The number of imide groups is 1. The second kappa shape index (κ2) is 7.92. The van der Waals surface area contributed by atoms with E-state index in [4.69, 9.17) is 5.26 Å². The van der Waals surface area contributed by atoms with Crippen LogP contribution in [0, 0.1) is 32.1 Å². The normalized spacial score (nSPS) is 13.5. The van der Waals surface area contributed by atoms with E-state index in [0.717, 1.165) is 27.3 Å². The van der Waals surface area contributed by atoms with E-state index in [1.54, 1.807) is 24.3 Å². The van der Waals surface area contributed by atoms with Crippen LogP contribution in [0.3, 0.4) is 0 Å². The monoisotopic (exact) mass is 407 g/mol. The third-order valence-corrected chi connectivity index (χ3v) is 5.42. The Morgan fingerprint density at radius 2 is 1.58 bits per heavy atom. The van der Waals surface area contributed by atoms with Crippen molar-refractivity contribution in [3.63, 3.8) is 0 Å². The van der Waals surface area contributed by atoms with Crippen molar-refractivity contribution in [1.29, 1.82) is 5.26 Å². The molecule has 1 aliphatic heterocycles. The van der Waals surface area contributed by atoms with Crippen molar-refractivity contribution in [1.82, 2.24) is 0 Å². The second-order valence-corrected chi connectivity index (χ2v) is 7.65. The molecule has 1 aliphatic rings. The minimum Gasteiger partial charge on any atom is -0.350 e. The van der Waals surface area contributed by atoms with E-state index in [2.05, 4.69) is 5.32 Å². The van der Waals surface area contributed by atoms with Gasteiger partial charge in [0.2, 0.25) is 0 Å². The van der Waals surface area contributed by atoms with Crippen LogP contribution in [0.4, 0.5) is 11.4 Å². The molecule has 1 heterocycles. The number of rotatable bonds is 4. The number of carbonyl (C=O) groups excluding carboxylic acids is 2. The summed E-state index contributed by atoms with van der Waals surface area (Å²) in [4.78, 5) is 28.0. The Balaban J connectivity index is 1.83. The quantitative estimate of drug-likeness (QED) is 0.626. The summed E-state index contributed by atoms with van der Waals surface area (Å²) in [6, 6.07) is 21.9. The van der Waals surface area contributed by atoms with Crippen molar-refractivity contribution in [3.05, 3.63) is 100 Å². The first kappa shape index (κ1) is 20.1. The third-order valence-electron chi connectivity index (χ3n) is 5.42. The summed E-state index contributed by atoms with van der Waals surface area (Å²) in [5.41, 5.74) is 6.07. The Morgan fingerprint density at radius 1 is 0.839 bits per heavy atom. The van der Waals surface area contributed by atoms with E-state index in [1.165, 1.54) is 0 Å². The summed E-state index contributed by atoms with van der Waals surface area (Å²) in [5, 5.41) is 12.2. The summed E-state index contributed by atoms with van der Waals surface area (Å²) in [6.07, 6.45) is 0. The Hall–Kier alpha value is -4.17. The van der Waals surface area contributed by atoms with Crippen molar-refractivity contribution < 1.29 is 9.59 Å². The number of anilines is 2. The molecule has 0 spiro atoms. The molecule has 1 N–H and O–H groups in total. The van der Waals surface area contributed by atoms with Crippen molar-refractivity contribution in [3.8, 4) is 6.07 Å². The molecule has 2 amide bonds. The highest BCUT2D eigenvalue weighted by Crippen LogP contribution is 2.34. The van der Waals surface area contributed by atoms with Crippen LogP contribution < -0.4 is 10.2 Å². The number of nitrogens with zero attached hydrogens (tertiary/aromatic N) is 2. The van der Waals surface area contributed by atoms with Gasteiger partial charge in [-0.25, -0.2) is 4.90 Å². The van der Waals surface area contributed by atoms with Crippen LogP contribution in [-0.2, 0) is 9.59 Å². The zero-order valence-electron chi connectivity index (χ0n) is 17.6. The minimum absolute atomic E-state index is 0.239. The molecule has 152 valence electrons. The van der Waals surface area contributed by atoms with Gasteiger partial charge in [0.15, 0.2) is 0 Å². The highest BCUT2D eigenvalue weighted by atomic mass is 16.2. The molecule has 0 saturated heterocycles. The molecule has 0 saturated carbocycles. The number of hydrogen-bond acceptors (Lipinski definition) is 4. The molecule has 5 heteroatoms. The van der Waals surface area contributed by atoms with Gasteiger partial charge in [0.1, 0.15) is 5.70 Å². The predicted octanol–water partition coefficient (Wildman–Crippen LogP) is 4.88. The highest BCUT2D eigenvalue weighted by molar-refractivity contribution is 6.46. The van der Waals surface area contributed by atoms with E-state index in [1.807, 2.05) is 69.3 Å². The maximum atomic E-state index is 13.5. The average Bonchev–Trinajstić information content (AvgIpc) is 3.00. The molecule has 0 aromatic heterocycles. The van der Waals surface area contributed by atoms with Crippen LogP contribution in [0.5, 0.6) is 0 Å². The molecular weight excluding hydrogens is 386 g/mol. The number of amides is 2. The second-order valence-electron chi connectivity index (χ2n) is 7.65. The number of aryl methyl sites for hydroxylation is 3. The van der Waals surface area contributed by atoms with Crippen LogP contribution in [0.15, 0.2) is 72.4 Å². The summed E-state index contributed by atoms with van der Waals surface area (Å²) in [6.45, 7) is 5.95. The van der Waals surface area contributed by atoms with E-state index in [-0.39, 0.29) is 5.70 Å². The van der Waals surface area contributed by atoms with E-state index in [0.29, 0.717) is 22.4 Å². The number of nitrogens with one attached hydrogen (secondary N) is 1. The smallest absolute Gasteiger partial charge is 0.282 e. The first-order valence-electron chi connectivity index (χ1n) is 9.93.